The average Bonchev–Trinajstić information content (AvgIpc) is 2.23. The van der Waals surface area contributed by atoms with Gasteiger partial charge >= 0.3 is 5.97 Å². The Balaban J connectivity index is 2.52. The van der Waals surface area contributed by atoms with Crippen molar-refractivity contribution in [2.75, 3.05) is 0 Å². The number of hydrogen-bond acceptors (Lipinski definition) is 2. The minimum absolute atomic E-state index is 0.196. The molecule has 0 radical (unpaired) electrons. The lowest BCUT2D eigenvalue weighted by molar-refractivity contribution is -0.144. The van der Waals surface area contributed by atoms with Gasteiger partial charge in [-0.1, -0.05) is 43.3 Å². The molecule has 16 heavy (non-hydrogen) atoms. The standard InChI is InChI=1S/C13H14O3/c1-9-6-7-10-4-2-3-5-11(10)13(9,16)8-12(14)15/h2-7,9,16H,8H2,1H3,(H,14,15). The van der Waals surface area contributed by atoms with Crippen LogP contribution in [-0.2, 0) is 10.4 Å². The van der Waals surface area contributed by atoms with E-state index in [4.69, 9.17) is 5.11 Å². The van der Waals surface area contributed by atoms with Gasteiger partial charge in [0.2, 0.25) is 0 Å². The molecule has 1 aliphatic carbocycles. The fourth-order valence-corrected chi connectivity index (χ4v) is 2.18. The van der Waals surface area contributed by atoms with E-state index in [1.807, 2.05) is 37.3 Å². The second-order valence-corrected chi connectivity index (χ2v) is 4.23. The monoisotopic (exact) mass is 218 g/mol. The van der Waals surface area contributed by atoms with Crippen molar-refractivity contribution < 1.29 is 15.0 Å². The summed E-state index contributed by atoms with van der Waals surface area (Å²) in [6, 6.07) is 7.36. The first-order valence-corrected chi connectivity index (χ1v) is 5.26. The number of aliphatic carboxylic acids is 1. The topological polar surface area (TPSA) is 57.5 Å². The molecule has 2 atom stereocenters. The van der Waals surface area contributed by atoms with Gasteiger partial charge in [0.05, 0.1) is 6.42 Å². The van der Waals surface area contributed by atoms with Crippen LogP contribution in [-0.4, -0.2) is 16.2 Å². The van der Waals surface area contributed by atoms with E-state index in [-0.39, 0.29) is 12.3 Å². The molecular weight excluding hydrogens is 204 g/mol. The Morgan fingerprint density at radius 1 is 1.44 bits per heavy atom. The van der Waals surface area contributed by atoms with E-state index in [0.29, 0.717) is 5.56 Å². The summed E-state index contributed by atoms with van der Waals surface area (Å²) in [4.78, 5) is 10.8. The van der Waals surface area contributed by atoms with Crippen LogP contribution in [0.2, 0.25) is 0 Å². The smallest absolute Gasteiger partial charge is 0.306 e. The van der Waals surface area contributed by atoms with Crippen molar-refractivity contribution in [3.05, 3.63) is 41.5 Å². The Morgan fingerprint density at radius 3 is 2.81 bits per heavy atom. The van der Waals surface area contributed by atoms with E-state index in [1.54, 1.807) is 6.07 Å². The summed E-state index contributed by atoms with van der Waals surface area (Å²) in [7, 11) is 0. The Morgan fingerprint density at radius 2 is 2.12 bits per heavy atom. The van der Waals surface area contributed by atoms with Crippen molar-refractivity contribution in [3.8, 4) is 0 Å². The maximum Gasteiger partial charge on any atom is 0.306 e. The quantitative estimate of drug-likeness (QED) is 0.798. The molecule has 3 heteroatoms. The number of carbonyl (C=O) groups is 1. The zero-order chi connectivity index (χ0) is 11.8. The molecule has 84 valence electrons. The number of carboxylic acids is 1. The lowest BCUT2D eigenvalue weighted by Crippen LogP contribution is -2.37. The van der Waals surface area contributed by atoms with Crippen molar-refractivity contribution in [2.45, 2.75) is 18.9 Å². The van der Waals surface area contributed by atoms with Gasteiger partial charge in [0.25, 0.3) is 0 Å². The number of benzene rings is 1. The highest BCUT2D eigenvalue weighted by Gasteiger charge is 2.39. The molecule has 1 aliphatic rings. The van der Waals surface area contributed by atoms with Gasteiger partial charge in [0.1, 0.15) is 5.60 Å². The fraction of sp³-hybridized carbons (Fsp3) is 0.308. The highest BCUT2D eigenvalue weighted by molar-refractivity contribution is 5.71. The summed E-state index contributed by atoms with van der Waals surface area (Å²) in [5.41, 5.74) is 0.300. The van der Waals surface area contributed by atoms with E-state index in [9.17, 15) is 9.90 Å². The Kier molecular flexibility index (Phi) is 2.56. The normalized spacial score (nSPS) is 27.5. The summed E-state index contributed by atoms with van der Waals surface area (Å²) < 4.78 is 0. The molecule has 3 nitrogen and oxygen atoms in total. The predicted octanol–water partition coefficient (Wildman–Crippen LogP) is 2.01. The van der Waals surface area contributed by atoms with Gasteiger partial charge in [-0.25, -0.2) is 0 Å². The van der Waals surface area contributed by atoms with Crippen molar-refractivity contribution in [3.63, 3.8) is 0 Å². The van der Waals surface area contributed by atoms with Crippen LogP contribution < -0.4 is 0 Å². The molecule has 0 fully saturated rings. The van der Waals surface area contributed by atoms with Gasteiger partial charge in [-0.05, 0) is 11.1 Å². The van der Waals surface area contributed by atoms with Gasteiger partial charge < -0.3 is 10.2 Å². The molecule has 0 saturated heterocycles. The van der Waals surface area contributed by atoms with Crippen LogP contribution in [0.15, 0.2) is 30.3 Å². The highest BCUT2D eigenvalue weighted by atomic mass is 16.4. The van der Waals surface area contributed by atoms with Gasteiger partial charge in [-0.2, -0.15) is 0 Å². The van der Waals surface area contributed by atoms with E-state index in [2.05, 4.69) is 0 Å². The number of rotatable bonds is 2. The number of fused-ring (bicyclic) bond motifs is 1. The van der Waals surface area contributed by atoms with E-state index in [0.717, 1.165) is 5.56 Å². The van der Waals surface area contributed by atoms with Crippen LogP contribution in [0.25, 0.3) is 6.08 Å². The van der Waals surface area contributed by atoms with E-state index >= 15 is 0 Å². The van der Waals surface area contributed by atoms with Crippen LogP contribution in [0.5, 0.6) is 0 Å². The van der Waals surface area contributed by atoms with E-state index in [1.165, 1.54) is 0 Å². The molecule has 1 aromatic rings. The summed E-state index contributed by atoms with van der Waals surface area (Å²) in [5, 5.41) is 19.4. The predicted molar refractivity (Wildman–Crippen MR) is 60.8 cm³/mol. The van der Waals surface area contributed by atoms with E-state index < -0.39 is 11.6 Å². The van der Waals surface area contributed by atoms with Crippen molar-refractivity contribution >= 4 is 12.0 Å². The van der Waals surface area contributed by atoms with Crippen LogP contribution in [0.1, 0.15) is 24.5 Å². The lowest BCUT2D eigenvalue weighted by atomic mass is 9.74. The first kappa shape index (κ1) is 10.9. The maximum atomic E-state index is 10.8. The van der Waals surface area contributed by atoms with Crippen molar-refractivity contribution in [1.29, 1.82) is 0 Å². The van der Waals surface area contributed by atoms with Crippen molar-refractivity contribution in [2.24, 2.45) is 5.92 Å². The first-order chi connectivity index (χ1) is 7.54. The van der Waals surface area contributed by atoms with Crippen LogP contribution >= 0.6 is 0 Å². The van der Waals surface area contributed by atoms with Gasteiger partial charge in [0.15, 0.2) is 0 Å². The molecule has 2 unspecified atom stereocenters. The summed E-state index contributed by atoms with van der Waals surface area (Å²) in [6.07, 6.45) is 3.51. The lowest BCUT2D eigenvalue weighted by Gasteiger charge is -2.35. The van der Waals surface area contributed by atoms with Crippen LogP contribution in [0, 0.1) is 5.92 Å². The molecule has 0 aliphatic heterocycles. The minimum Gasteiger partial charge on any atom is -0.481 e. The number of aliphatic hydroxyl groups is 1. The summed E-state index contributed by atoms with van der Waals surface area (Å²) in [6.45, 7) is 1.83. The van der Waals surface area contributed by atoms with Gasteiger partial charge in [-0.15, -0.1) is 0 Å². The van der Waals surface area contributed by atoms with Crippen LogP contribution in [0.4, 0.5) is 0 Å². The third-order valence-corrected chi connectivity index (χ3v) is 3.17. The largest absolute Gasteiger partial charge is 0.481 e. The third-order valence-electron chi connectivity index (χ3n) is 3.17. The maximum absolute atomic E-state index is 10.8. The Hall–Kier alpha value is -1.61. The minimum atomic E-state index is -1.29. The number of hydrogen-bond donors (Lipinski definition) is 2. The zero-order valence-electron chi connectivity index (χ0n) is 9.05. The second kappa shape index (κ2) is 3.76. The molecule has 0 amide bonds. The summed E-state index contributed by atoms with van der Waals surface area (Å²) in [5.74, 6) is -1.18. The molecule has 0 spiro atoms. The fourth-order valence-electron chi connectivity index (χ4n) is 2.18. The number of carboxylic acid groups (broad SMARTS) is 1. The van der Waals surface area contributed by atoms with Crippen LogP contribution in [0.3, 0.4) is 0 Å². The van der Waals surface area contributed by atoms with Gasteiger partial charge in [0, 0.05) is 5.92 Å². The SMILES string of the molecule is CC1C=Cc2ccccc2C1(O)CC(=O)O. The molecule has 1 aromatic carbocycles. The molecule has 0 aromatic heterocycles. The molecule has 0 heterocycles. The summed E-state index contributed by atoms with van der Waals surface area (Å²) >= 11 is 0. The Labute approximate surface area is 94.0 Å². The molecule has 2 N–H and O–H groups in total. The molecule has 0 saturated carbocycles. The second-order valence-electron chi connectivity index (χ2n) is 4.23. The molecular formula is C13H14O3. The third kappa shape index (κ3) is 1.63. The highest BCUT2D eigenvalue weighted by Crippen LogP contribution is 2.39. The zero-order valence-corrected chi connectivity index (χ0v) is 9.05. The van der Waals surface area contributed by atoms with Crippen molar-refractivity contribution in [1.82, 2.24) is 0 Å². The molecule has 2 rings (SSSR count). The first-order valence-electron chi connectivity index (χ1n) is 5.26. The van der Waals surface area contributed by atoms with Gasteiger partial charge in [-0.3, -0.25) is 4.79 Å². The Bertz CT molecular complexity index is 450. The average molecular weight is 218 g/mol. The molecule has 0 bridgehead atoms.